The average Bonchev–Trinajstić information content (AvgIpc) is 2.83. The van der Waals surface area contributed by atoms with Gasteiger partial charge in [0.25, 0.3) is 0 Å². The zero-order chi connectivity index (χ0) is 16.6. The van der Waals surface area contributed by atoms with Crippen molar-refractivity contribution in [1.82, 2.24) is 19.6 Å². The average molecular weight is 340 g/mol. The molecule has 3 aromatic rings. The Balaban J connectivity index is 2.15. The second kappa shape index (κ2) is 6.07. The first kappa shape index (κ1) is 15.6. The molecule has 23 heavy (non-hydrogen) atoms. The van der Waals surface area contributed by atoms with E-state index in [-0.39, 0.29) is 16.6 Å². The lowest BCUT2D eigenvalue weighted by Gasteiger charge is -2.03. The lowest BCUT2D eigenvalue weighted by Crippen LogP contribution is -2.19. The SMILES string of the molecule is Cc1nn2c(=O)[nH]c(SCC(F)F)nc2c1-c1ccc(F)cc1. The van der Waals surface area contributed by atoms with Crippen LogP contribution in [-0.4, -0.2) is 31.8 Å². The van der Waals surface area contributed by atoms with Crippen LogP contribution in [0, 0.1) is 12.7 Å². The molecule has 1 N–H and O–H groups in total. The molecule has 1 aromatic carbocycles. The van der Waals surface area contributed by atoms with E-state index in [9.17, 15) is 18.0 Å². The predicted octanol–water partition coefficient (Wildman–Crippen LogP) is 2.89. The Morgan fingerprint density at radius 2 is 2.00 bits per heavy atom. The molecule has 0 fully saturated rings. The molecule has 0 aliphatic rings. The molecule has 2 heterocycles. The quantitative estimate of drug-likeness (QED) is 0.742. The molecule has 0 aliphatic heterocycles. The zero-order valence-electron chi connectivity index (χ0n) is 11.9. The van der Waals surface area contributed by atoms with E-state index in [4.69, 9.17) is 0 Å². The summed E-state index contributed by atoms with van der Waals surface area (Å²) >= 11 is 0.755. The number of aromatic nitrogens is 4. The lowest BCUT2D eigenvalue weighted by atomic mass is 10.1. The fraction of sp³-hybridized carbons (Fsp3) is 0.214. The van der Waals surface area contributed by atoms with Crippen molar-refractivity contribution in [2.45, 2.75) is 18.5 Å². The molecule has 2 aromatic heterocycles. The van der Waals surface area contributed by atoms with Crippen molar-refractivity contribution in [3.05, 3.63) is 46.3 Å². The van der Waals surface area contributed by atoms with Crippen LogP contribution in [0.1, 0.15) is 5.69 Å². The summed E-state index contributed by atoms with van der Waals surface area (Å²) < 4.78 is 38.8. The Morgan fingerprint density at radius 3 is 2.65 bits per heavy atom. The van der Waals surface area contributed by atoms with Crippen LogP contribution in [0.4, 0.5) is 13.2 Å². The molecule has 0 unspecified atom stereocenters. The number of nitrogens with one attached hydrogen (secondary N) is 1. The highest BCUT2D eigenvalue weighted by Gasteiger charge is 2.17. The molecule has 5 nitrogen and oxygen atoms in total. The van der Waals surface area contributed by atoms with E-state index >= 15 is 0 Å². The third-order valence-electron chi connectivity index (χ3n) is 3.13. The van der Waals surface area contributed by atoms with E-state index in [0.29, 0.717) is 16.8 Å². The molecule has 0 saturated heterocycles. The normalized spacial score (nSPS) is 11.5. The van der Waals surface area contributed by atoms with E-state index in [1.807, 2.05) is 0 Å². The maximum Gasteiger partial charge on any atom is 0.350 e. The number of alkyl halides is 2. The highest BCUT2D eigenvalue weighted by Crippen LogP contribution is 2.27. The number of halogens is 3. The van der Waals surface area contributed by atoms with Crippen molar-refractivity contribution in [2.75, 3.05) is 5.75 Å². The van der Waals surface area contributed by atoms with Gasteiger partial charge in [0.2, 0.25) is 6.43 Å². The summed E-state index contributed by atoms with van der Waals surface area (Å²) in [5.74, 6) is -0.861. The van der Waals surface area contributed by atoms with Crippen molar-refractivity contribution >= 4 is 17.4 Å². The van der Waals surface area contributed by atoms with Crippen LogP contribution in [0.3, 0.4) is 0 Å². The molecular weight excluding hydrogens is 329 g/mol. The van der Waals surface area contributed by atoms with Crippen LogP contribution in [-0.2, 0) is 0 Å². The summed E-state index contributed by atoms with van der Waals surface area (Å²) in [6.07, 6.45) is -2.51. The lowest BCUT2D eigenvalue weighted by molar-refractivity contribution is 0.176. The van der Waals surface area contributed by atoms with Gasteiger partial charge in [-0.3, -0.25) is 4.98 Å². The van der Waals surface area contributed by atoms with E-state index < -0.39 is 17.9 Å². The number of aromatic amines is 1. The van der Waals surface area contributed by atoms with Crippen LogP contribution < -0.4 is 5.69 Å². The van der Waals surface area contributed by atoms with Gasteiger partial charge in [-0.05, 0) is 24.6 Å². The Hall–Kier alpha value is -2.29. The highest BCUT2D eigenvalue weighted by atomic mass is 32.2. The van der Waals surface area contributed by atoms with Crippen molar-refractivity contribution in [1.29, 1.82) is 0 Å². The van der Waals surface area contributed by atoms with Crippen LogP contribution in [0.2, 0.25) is 0 Å². The summed E-state index contributed by atoms with van der Waals surface area (Å²) in [6, 6.07) is 5.68. The summed E-state index contributed by atoms with van der Waals surface area (Å²) in [5.41, 5.74) is 1.42. The van der Waals surface area contributed by atoms with E-state index in [1.54, 1.807) is 19.1 Å². The first-order valence-electron chi connectivity index (χ1n) is 6.62. The van der Waals surface area contributed by atoms with Gasteiger partial charge in [-0.1, -0.05) is 23.9 Å². The molecule has 0 bridgehead atoms. The molecule has 9 heteroatoms. The van der Waals surface area contributed by atoms with Gasteiger partial charge in [0.1, 0.15) is 5.82 Å². The third-order valence-corrected chi connectivity index (χ3v) is 4.01. The first-order valence-corrected chi connectivity index (χ1v) is 7.61. The summed E-state index contributed by atoms with van der Waals surface area (Å²) in [5, 5.41) is 4.20. The Bertz CT molecular complexity index is 905. The van der Waals surface area contributed by atoms with Gasteiger partial charge in [0.15, 0.2) is 10.8 Å². The number of hydrogen-bond donors (Lipinski definition) is 1. The van der Waals surface area contributed by atoms with Crippen LogP contribution in [0.5, 0.6) is 0 Å². The molecule has 0 radical (unpaired) electrons. The van der Waals surface area contributed by atoms with Crippen molar-refractivity contribution in [2.24, 2.45) is 0 Å². The molecule has 0 saturated carbocycles. The number of rotatable bonds is 4. The van der Waals surface area contributed by atoms with Gasteiger partial charge >= 0.3 is 5.69 Å². The van der Waals surface area contributed by atoms with Gasteiger partial charge in [-0.25, -0.2) is 22.9 Å². The highest BCUT2D eigenvalue weighted by molar-refractivity contribution is 7.99. The van der Waals surface area contributed by atoms with Crippen molar-refractivity contribution in [3.8, 4) is 11.1 Å². The molecular formula is C14H11F3N4OS. The van der Waals surface area contributed by atoms with E-state index in [0.717, 1.165) is 16.3 Å². The monoisotopic (exact) mass is 340 g/mol. The number of hydrogen-bond acceptors (Lipinski definition) is 4. The Morgan fingerprint density at radius 1 is 1.30 bits per heavy atom. The molecule has 120 valence electrons. The minimum absolute atomic E-state index is 0.0889. The fourth-order valence-corrected chi connectivity index (χ4v) is 2.79. The predicted molar refractivity (Wildman–Crippen MR) is 80.5 cm³/mol. The smallest absolute Gasteiger partial charge is 0.285 e. The molecule has 3 rings (SSSR count). The maximum atomic E-state index is 13.1. The number of thioether (sulfide) groups is 1. The summed E-state index contributed by atoms with van der Waals surface area (Å²) in [4.78, 5) is 18.7. The largest absolute Gasteiger partial charge is 0.350 e. The van der Waals surface area contributed by atoms with Crippen LogP contribution in [0.15, 0.2) is 34.2 Å². The minimum Gasteiger partial charge on any atom is -0.285 e. The number of aryl methyl sites for hydroxylation is 1. The van der Waals surface area contributed by atoms with Gasteiger partial charge in [-0.15, -0.1) is 0 Å². The first-order chi connectivity index (χ1) is 11.0. The second-order valence-electron chi connectivity index (χ2n) is 4.75. The van der Waals surface area contributed by atoms with Gasteiger partial charge in [0.05, 0.1) is 11.4 Å². The zero-order valence-corrected chi connectivity index (χ0v) is 12.7. The van der Waals surface area contributed by atoms with Gasteiger partial charge in [-0.2, -0.15) is 9.61 Å². The van der Waals surface area contributed by atoms with E-state index in [1.165, 1.54) is 12.1 Å². The molecule has 0 atom stereocenters. The summed E-state index contributed by atoms with van der Waals surface area (Å²) in [6.45, 7) is 1.69. The standard InChI is InChI=1S/C14H11F3N4OS/c1-7-11(8-2-4-9(15)5-3-8)12-18-13(23-6-10(16)17)19-14(22)21(12)20-7/h2-5,10H,6H2,1H3,(H,18,19,22). The number of H-pyrrole nitrogens is 1. The second-order valence-corrected chi connectivity index (χ2v) is 5.76. The van der Waals surface area contributed by atoms with Gasteiger partial charge < -0.3 is 0 Å². The summed E-state index contributed by atoms with van der Waals surface area (Å²) in [7, 11) is 0. The van der Waals surface area contributed by atoms with Crippen LogP contribution >= 0.6 is 11.8 Å². The third kappa shape index (κ3) is 3.09. The molecule has 0 aliphatic carbocycles. The number of benzene rings is 1. The fourth-order valence-electron chi connectivity index (χ4n) is 2.19. The van der Waals surface area contributed by atoms with Crippen molar-refractivity contribution in [3.63, 3.8) is 0 Å². The molecule has 0 amide bonds. The Labute approximate surface area is 132 Å². The van der Waals surface area contributed by atoms with E-state index in [2.05, 4.69) is 15.1 Å². The minimum atomic E-state index is -2.51. The van der Waals surface area contributed by atoms with Gasteiger partial charge in [0, 0.05) is 5.56 Å². The number of nitrogens with zero attached hydrogens (tertiary/aromatic N) is 3. The maximum absolute atomic E-state index is 13.1. The number of fused-ring (bicyclic) bond motifs is 1. The van der Waals surface area contributed by atoms with Crippen LogP contribution in [0.25, 0.3) is 16.8 Å². The van der Waals surface area contributed by atoms with Crippen molar-refractivity contribution < 1.29 is 13.2 Å². The Kier molecular flexibility index (Phi) is 4.12. The molecule has 0 spiro atoms. The topological polar surface area (TPSA) is 63.1 Å².